The zero-order valence-corrected chi connectivity index (χ0v) is 13.0. The highest BCUT2D eigenvalue weighted by Crippen LogP contribution is 2.24. The largest absolute Gasteiger partial charge is 0.434 e. The summed E-state index contributed by atoms with van der Waals surface area (Å²) in [6.45, 7) is 2.57. The number of nitrogens with one attached hydrogen (secondary N) is 1. The predicted octanol–water partition coefficient (Wildman–Crippen LogP) is 3.33. The molecular weight excluding hydrogens is 302 g/mol. The molecular formula is C14H21ClF2N2O2. The lowest BCUT2D eigenvalue weighted by molar-refractivity contribution is -0.118. The van der Waals surface area contributed by atoms with Crippen LogP contribution in [0.1, 0.15) is 25.8 Å². The van der Waals surface area contributed by atoms with Crippen LogP contribution in [0.4, 0.5) is 14.5 Å². The number of alkyl halides is 2. The van der Waals surface area contributed by atoms with Crippen molar-refractivity contribution in [2.45, 2.75) is 39.8 Å². The third-order valence-electron chi connectivity index (χ3n) is 3.23. The van der Waals surface area contributed by atoms with Crippen molar-refractivity contribution < 1.29 is 18.3 Å². The molecule has 4 nitrogen and oxygen atoms in total. The first-order valence-corrected chi connectivity index (χ1v) is 6.47. The van der Waals surface area contributed by atoms with Gasteiger partial charge in [-0.25, -0.2) is 0 Å². The Kier molecular flexibility index (Phi) is 8.21. The van der Waals surface area contributed by atoms with Crippen molar-refractivity contribution in [2.75, 3.05) is 5.32 Å². The Balaban J connectivity index is 0.00000400. The number of amides is 1. The Hall–Kier alpha value is -1.40. The molecule has 0 aliphatic rings. The van der Waals surface area contributed by atoms with Crippen LogP contribution in [0, 0.1) is 12.8 Å². The van der Waals surface area contributed by atoms with Crippen molar-refractivity contribution in [2.24, 2.45) is 11.7 Å². The Labute approximate surface area is 129 Å². The monoisotopic (exact) mass is 322 g/mol. The zero-order valence-electron chi connectivity index (χ0n) is 12.2. The highest BCUT2D eigenvalue weighted by Gasteiger charge is 2.19. The van der Waals surface area contributed by atoms with Crippen molar-refractivity contribution >= 4 is 24.0 Å². The minimum Gasteiger partial charge on any atom is -0.434 e. The number of rotatable bonds is 6. The number of hydrogen-bond acceptors (Lipinski definition) is 3. The number of hydrogen-bond donors (Lipinski definition) is 2. The van der Waals surface area contributed by atoms with E-state index in [1.807, 2.05) is 13.8 Å². The number of carbonyl (C=O) groups is 1. The second kappa shape index (κ2) is 8.79. The quantitative estimate of drug-likeness (QED) is 0.844. The van der Waals surface area contributed by atoms with Gasteiger partial charge in [0.05, 0.1) is 6.04 Å². The molecule has 0 radical (unpaired) electrons. The van der Waals surface area contributed by atoms with Crippen LogP contribution < -0.4 is 15.8 Å². The normalized spacial score (nSPS) is 13.3. The lowest BCUT2D eigenvalue weighted by Crippen LogP contribution is -2.40. The van der Waals surface area contributed by atoms with E-state index in [1.165, 1.54) is 6.07 Å². The van der Waals surface area contributed by atoms with E-state index in [0.717, 1.165) is 6.42 Å². The SMILES string of the molecule is CCC(C)C(N)C(=O)Nc1ccc(C)c(OC(F)F)c1.Cl. The highest BCUT2D eigenvalue weighted by atomic mass is 35.5. The van der Waals surface area contributed by atoms with E-state index in [1.54, 1.807) is 19.1 Å². The Morgan fingerprint density at radius 2 is 2.05 bits per heavy atom. The molecule has 1 rings (SSSR count). The van der Waals surface area contributed by atoms with Crippen LogP contribution in [0.2, 0.25) is 0 Å². The van der Waals surface area contributed by atoms with Crippen LogP contribution in [0.15, 0.2) is 18.2 Å². The number of ether oxygens (including phenoxy) is 1. The third kappa shape index (κ3) is 5.85. The maximum atomic E-state index is 12.2. The standard InChI is InChI=1S/C14H20F2N2O2.ClH/c1-4-8(2)12(17)13(19)18-10-6-5-9(3)11(7-10)20-14(15)16;/h5-8,12,14H,4,17H2,1-3H3,(H,18,19);1H. The number of aryl methyl sites for hydroxylation is 1. The molecule has 2 atom stereocenters. The van der Waals surface area contributed by atoms with Crippen molar-refractivity contribution in [3.63, 3.8) is 0 Å². The number of carbonyl (C=O) groups excluding carboxylic acids is 1. The molecule has 0 bridgehead atoms. The predicted molar refractivity (Wildman–Crippen MR) is 81.1 cm³/mol. The smallest absolute Gasteiger partial charge is 0.387 e. The molecule has 2 unspecified atom stereocenters. The van der Waals surface area contributed by atoms with E-state index in [2.05, 4.69) is 10.1 Å². The van der Waals surface area contributed by atoms with Gasteiger partial charge in [0.2, 0.25) is 5.91 Å². The minimum atomic E-state index is -2.90. The molecule has 120 valence electrons. The Morgan fingerprint density at radius 1 is 1.43 bits per heavy atom. The molecule has 0 saturated carbocycles. The lowest BCUT2D eigenvalue weighted by Gasteiger charge is -2.18. The second-order valence-electron chi connectivity index (χ2n) is 4.76. The van der Waals surface area contributed by atoms with Gasteiger partial charge in [-0.15, -0.1) is 12.4 Å². The molecule has 1 aromatic rings. The molecule has 0 spiro atoms. The number of nitrogens with two attached hydrogens (primary N) is 1. The third-order valence-corrected chi connectivity index (χ3v) is 3.23. The van der Waals surface area contributed by atoms with Crippen molar-refractivity contribution in [1.29, 1.82) is 0 Å². The first-order valence-electron chi connectivity index (χ1n) is 6.47. The van der Waals surface area contributed by atoms with Gasteiger partial charge in [0.25, 0.3) is 0 Å². The maximum Gasteiger partial charge on any atom is 0.387 e. The molecule has 1 amide bonds. The second-order valence-corrected chi connectivity index (χ2v) is 4.76. The van der Waals surface area contributed by atoms with Crippen molar-refractivity contribution in [3.05, 3.63) is 23.8 Å². The van der Waals surface area contributed by atoms with E-state index in [9.17, 15) is 13.6 Å². The summed E-state index contributed by atoms with van der Waals surface area (Å²) >= 11 is 0. The molecule has 0 heterocycles. The van der Waals surface area contributed by atoms with E-state index in [4.69, 9.17) is 5.73 Å². The Bertz CT molecular complexity index is 472. The van der Waals surface area contributed by atoms with E-state index < -0.39 is 12.7 Å². The summed E-state index contributed by atoms with van der Waals surface area (Å²) in [6.07, 6.45) is 0.780. The van der Waals surface area contributed by atoms with Gasteiger partial charge in [0.15, 0.2) is 0 Å². The Morgan fingerprint density at radius 3 is 2.57 bits per heavy atom. The van der Waals surface area contributed by atoms with E-state index >= 15 is 0 Å². The summed E-state index contributed by atoms with van der Waals surface area (Å²) in [7, 11) is 0. The van der Waals surface area contributed by atoms with Crippen LogP contribution in [0.25, 0.3) is 0 Å². The molecule has 0 fully saturated rings. The van der Waals surface area contributed by atoms with E-state index in [-0.39, 0.29) is 30.0 Å². The van der Waals surface area contributed by atoms with Gasteiger partial charge in [-0.05, 0) is 24.5 Å². The summed E-state index contributed by atoms with van der Waals surface area (Å²) in [5, 5.41) is 2.61. The molecule has 1 aromatic carbocycles. The summed E-state index contributed by atoms with van der Waals surface area (Å²) in [5.74, 6) is -0.265. The van der Waals surface area contributed by atoms with Crippen LogP contribution in [-0.4, -0.2) is 18.6 Å². The minimum absolute atomic E-state index is 0. The average Bonchev–Trinajstić information content (AvgIpc) is 2.40. The van der Waals surface area contributed by atoms with Crippen molar-refractivity contribution in [1.82, 2.24) is 0 Å². The van der Waals surface area contributed by atoms with Crippen LogP contribution in [0.5, 0.6) is 5.75 Å². The molecule has 3 N–H and O–H groups in total. The maximum absolute atomic E-state index is 12.2. The van der Waals surface area contributed by atoms with Crippen molar-refractivity contribution in [3.8, 4) is 5.75 Å². The number of halogens is 3. The fraction of sp³-hybridized carbons (Fsp3) is 0.500. The van der Waals surface area contributed by atoms with Gasteiger partial charge in [0.1, 0.15) is 5.75 Å². The molecule has 21 heavy (non-hydrogen) atoms. The average molecular weight is 323 g/mol. The number of benzene rings is 1. The van der Waals surface area contributed by atoms with Gasteiger partial charge in [-0.1, -0.05) is 26.3 Å². The molecule has 0 saturated heterocycles. The van der Waals surface area contributed by atoms with Crippen LogP contribution >= 0.6 is 12.4 Å². The van der Waals surface area contributed by atoms with Crippen LogP contribution in [-0.2, 0) is 4.79 Å². The summed E-state index contributed by atoms with van der Waals surface area (Å²) in [5.41, 5.74) is 6.75. The summed E-state index contributed by atoms with van der Waals surface area (Å²) in [6, 6.07) is 3.94. The number of anilines is 1. The van der Waals surface area contributed by atoms with Gasteiger partial charge in [-0.2, -0.15) is 8.78 Å². The van der Waals surface area contributed by atoms with Gasteiger partial charge >= 0.3 is 6.61 Å². The lowest BCUT2D eigenvalue weighted by atomic mass is 9.99. The molecule has 0 aromatic heterocycles. The first kappa shape index (κ1) is 19.6. The van der Waals surface area contributed by atoms with E-state index in [0.29, 0.717) is 11.3 Å². The summed E-state index contributed by atoms with van der Waals surface area (Å²) in [4.78, 5) is 11.9. The molecule has 0 aliphatic heterocycles. The fourth-order valence-electron chi connectivity index (χ4n) is 1.64. The fourth-order valence-corrected chi connectivity index (χ4v) is 1.64. The highest BCUT2D eigenvalue weighted by molar-refractivity contribution is 5.95. The van der Waals surface area contributed by atoms with Gasteiger partial charge < -0.3 is 15.8 Å². The first-order chi connectivity index (χ1) is 9.35. The molecule has 7 heteroatoms. The van der Waals surface area contributed by atoms with Crippen LogP contribution in [0.3, 0.4) is 0 Å². The van der Waals surface area contributed by atoms with Gasteiger partial charge in [0, 0.05) is 11.8 Å². The van der Waals surface area contributed by atoms with Gasteiger partial charge in [-0.3, -0.25) is 4.79 Å². The topological polar surface area (TPSA) is 64.4 Å². The molecule has 0 aliphatic carbocycles. The summed E-state index contributed by atoms with van der Waals surface area (Å²) < 4.78 is 28.9. The zero-order chi connectivity index (χ0) is 15.3.